The van der Waals surface area contributed by atoms with E-state index >= 15 is 0 Å². The molecule has 1 rings (SSSR count). The fraction of sp³-hybridized carbons (Fsp3) is 0.667. The van der Waals surface area contributed by atoms with E-state index in [0.29, 0.717) is 6.04 Å². The summed E-state index contributed by atoms with van der Waals surface area (Å²) in [7, 11) is 0. The lowest BCUT2D eigenvalue weighted by atomic mass is 10.2. The van der Waals surface area contributed by atoms with Gasteiger partial charge in [0.05, 0.1) is 12.0 Å². The van der Waals surface area contributed by atoms with Crippen molar-refractivity contribution < 1.29 is 0 Å². The van der Waals surface area contributed by atoms with Crippen LogP contribution < -0.4 is 5.73 Å². The third-order valence-corrected chi connectivity index (χ3v) is 2.07. The molecule has 0 radical (unpaired) electrons. The van der Waals surface area contributed by atoms with Crippen molar-refractivity contribution in [2.24, 2.45) is 5.73 Å². The van der Waals surface area contributed by atoms with E-state index in [0.717, 1.165) is 25.1 Å². The van der Waals surface area contributed by atoms with Crippen LogP contribution in [0.25, 0.3) is 0 Å². The van der Waals surface area contributed by atoms with E-state index in [4.69, 9.17) is 5.73 Å². The van der Waals surface area contributed by atoms with Crippen molar-refractivity contribution >= 4 is 0 Å². The quantitative estimate of drug-likeness (QED) is 0.738. The van der Waals surface area contributed by atoms with E-state index in [1.807, 2.05) is 13.3 Å². The molecular formula is C9H17N3. The molecule has 0 saturated carbocycles. The van der Waals surface area contributed by atoms with Gasteiger partial charge >= 0.3 is 0 Å². The smallest absolute Gasteiger partial charge is 0.0951 e. The summed E-state index contributed by atoms with van der Waals surface area (Å²) in [4.78, 5) is 4.18. The van der Waals surface area contributed by atoms with Gasteiger partial charge in [-0.25, -0.2) is 4.98 Å². The topological polar surface area (TPSA) is 43.8 Å². The first-order valence-corrected chi connectivity index (χ1v) is 4.44. The van der Waals surface area contributed by atoms with Gasteiger partial charge in [0.2, 0.25) is 0 Å². The summed E-state index contributed by atoms with van der Waals surface area (Å²) in [5.41, 5.74) is 6.51. The average Bonchev–Trinajstić information content (AvgIpc) is 2.47. The number of nitrogens with two attached hydrogens (primary N) is 1. The van der Waals surface area contributed by atoms with Crippen LogP contribution in [-0.2, 0) is 0 Å². The highest BCUT2D eigenvalue weighted by Gasteiger charge is 2.02. The Bertz CT molecular complexity index is 229. The first-order chi connectivity index (χ1) is 5.74. The van der Waals surface area contributed by atoms with E-state index in [-0.39, 0.29) is 0 Å². The van der Waals surface area contributed by atoms with Crippen molar-refractivity contribution in [1.29, 1.82) is 0 Å². The van der Waals surface area contributed by atoms with E-state index in [2.05, 4.69) is 22.7 Å². The molecule has 1 aromatic heterocycles. The number of rotatable bonds is 4. The molecule has 0 unspecified atom stereocenters. The van der Waals surface area contributed by atoms with Crippen molar-refractivity contribution in [3.63, 3.8) is 0 Å². The van der Waals surface area contributed by atoms with Crippen molar-refractivity contribution in [3.8, 4) is 0 Å². The van der Waals surface area contributed by atoms with Crippen LogP contribution in [0.2, 0.25) is 0 Å². The summed E-state index contributed by atoms with van der Waals surface area (Å²) in [6, 6.07) is 0.523. The number of hydrogen-bond donors (Lipinski definition) is 1. The third-order valence-electron chi connectivity index (χ3n) is 2.07. The van der Waals surface area contributed by atoms with Gasteiger partial charge in [-0.05, 0) is 33.2 Å². The van der Waals surface area contributed by atoms with Crippen LogP contribution >= 0.6 is 0 Å². The molecule has 0 aromatic carbocycles. The molecule has 1 atom stereocenters. The lowest BCUT2D eigenvalue weighted by Gasteiger charge is -2.11. The number of hydrogen-bond acceptors (Lipinski definition) is 2. The molecule has 2 N–H and O–H groups in total. The lowest BCUT2D eigenvalue weighted by molar-refractivity contribution is 0.491. The SMILES string of the molecule is Cc1cn([C@H](C)CCCN)cn1. The van der Waals surface area contributed by atoms with Crippen LogP contribution in [0.5, 0.6) is 0 Å². The Balaban J connectivity index is 2.47. The summed E-state index contributed by atoms with van der Waals surface area (Å²) in [6.07, 6.45) is 6.17. The highest BCUT2D eigenvalue weighted by molar-refractivity contribution is 4.93. The largest absolute Gasteiger partial charge is 0.334 e. The number of imidazole rings is 1. The highest BCUT2D eigenvalue weighted by Crippen LogP contribution is 2.12. The van der Waals surface area contributed by atoms with Gasteiger partial charge in [-0.3, -0.25) is 0 Å². The molecule has 0 spiro atoms. The molecule has 1 aromatic rings. The Kier molecular flexibility index (Phi) is 3.29. The zero-order chi connectivity index (χ0) is 8.97. The van der Waals surface area contributed by atoms with Crippen LogP contribution in [0.1, 0.15) is 31.5 Å². The normalized spacial score (nSPS) is 13.2. The summed E-state index contributed by atoms with van der Waals surface area (Å²) >= 11 is 0. The van der Waals surface area contributed by atoms with Crippen LogP contribution in [0, 0.1) is 6.92 Å². The summed E-state index contributed by atoms with van der Waals surface area (Å²) < 4.78 is 2.14. The number of nitrogens with zero attached hydrogens (tertiary/aromatic N) is 2. The Hall–Kier alpha value is -0.830. The maximum absolute atomic E-state index is 5.44. The van der Waals surface area contributed by atoms with Crippen LogP contribution in [0.15, 0.2) is 12.5 Å². The molecule has 3 nitrogen and oxygen atoms in total. The van der Waals surface area contributed by atoms with Gasteiger partial charge in [0, 0.05) is 12.2 Å². The third kappa shape index (κ3) is 2.34. The minimum absolute atomic E-state index is 0.523. The molecule has 68 valence electrons. The summed E-state index contributed by atoms with van der Waals surface area (Å²) in [6.45, 7) is 4.97. The fourth-order valence-corrected chi connectivity index (χ4v) is 1.24. The minimum atomic E-state index is 0.523. The monoisotopic (exact) mass is 167 g/mol. The maximum atomic E-state index is 5.44. The number of aryl methyl sites for hydroxylation is 1. The second-order valence-electron chi connectivity index (χ2n) is 3.24. The summed E-state index contributed by atoms with van der Waals surface area (Å²) in [5.74, 6) is 0. The predicted molar refractivity (Wildman–Crippen MR) is 50.0 cm³/mol. The maximum Gasteiger partial charge on any atom is 0.0951 e. The van der Waals surface area contributed by atoms with Crippen LogP contribution in [0.3, 0.4) is 0 Å². The van der Waals surface area contributed by atoms with Crippen LogP contribution in [0.4, 0.5) is 0 Å². The predicted octanol–water partition coefficient (Wildman–Crippen LogP) is 1.49. The first-order valence-electron chi connectivity index (χ1n) is 4.44. The summed E-state index contributed by atoms with van der Waals surface area (Å²) in [5, 5.41) is 0. The second kappa shape index (κ2) is 4.26. The van der Waals surface area contributed by atoms with Gasteiger partial charge < -0.3 is 10.3 Å². The van der Waals surface area contributed by atoms with Crippen molar-refractivity contribution in [3.05, 3.63) is 18.2 Å². The minimum Gasteiger partial charge on any atom is -0.334 e. The Morgan fingerprint density at radius 2 is 2.42 bits per heavy atom. The fourth-order valence-electron chi connectivity index (χ4n) is 1.24. The number of aromatic nitrogens is 2. The Morgan fingerprint density at radius 3 is 2.92 bits per heavy atom. The zero-order valence-corrected chi connectivity index (χ0v) is 7.83. The lowest BCUT2D eigenvalue weighted by Crippen LogP contribution is -2.06. The zero-order valence-electron chi connectivity index (χ0n) is 7.83. The molecule has 0 aliphatic rings. The molecule has 1 heterocycles. The van der Waals surface area contributed by atoms with Gasteiger partial charge in [0.15, 0.2) is 0 Å². The molecule has 0 fully saturated rings. The second-order valence-corrected chi connectivity index (χ2v) is 3.24. The van der Waals surface area contributed by atoms with Crippen molar-refractivity contribution in [2.45, 2.75) is 32.7 Å². The standard InChI is InChI=1S/C9H17N3/c1-8-6-12(7-11-8)9(2)4-3-5-10/h6-7,9H,3-5,10H2,1-2H3/t9-/m1/s1. The average molecular weight is 167 g/mol. The first kappa shape index (κ1) is 9.26. The van der Waals surface area contributed by atoms with E-state index < -0.39 is 0 Å². The van der Waals surface area contributed by atoms with Gasteiger partial charge in [0.1, 0.15) is 0 Å². The molecule has 3 heteroatoms. The Morgan fingerprint density at radius 1 is 1.67 bits per heavy atom. The van der Waals surface area contributed by atoms with Crippen molar-refractivity contribution in [2.75, 3.05) is 6.54 Å². The van der Waals surface area contributed by atoms with Gasteiger partial charge in [-0.2, -0.15) is 0 Å². The van der Waals surface area contributed by atoms with Gasteiger partial charge in [0.25, 0.3) is 0 Å². The van der Waals surface area contributed by atoms with E-state index in [1.54, 1.807) is 0 Å². The molecule has 0 amide bonds. The Labute approximate surface area is 73.6 Å². The molecule has 12 heavy (non-hydrogen) atoms. The van der Waals surface area contributed by atoms with Gasteiger partial charge in [-0.1, -0.05) is 0 Å². The van der Waals surface area contributed by atoms with E-state index in [9.17, 15) is 0 Å². The molecule has 0 saturated heterocycles. The highest BCUT2D eigenvalue weighted by atomic mass is 15.1. The molecular weight excluding hydrogens is 150 g/mol. The molecule has 0 aliphatic carbocycles. The van der Waals surface area contributed by atoms with Gasteiger partial charge in [-0.15, -0.1) is 0 Å². The van der Waals surface area contributed by atoms with E-state index in [1.165, 1.54) is 0 Å². The van der Waals surface area contributed by atoms with Crippen molar-refractivity contribution in [1.82, 2.24) is 9.55 Å². The molecule has 0 bridgehead atoms. The molecule has 0 aliphatic heterocycles. The van der Waals surface area contributed by atoms with Crippen LogP contribution in [-0.4, -0.2) is 16.1 Å².